The summed E-state index contributed by atoms with van der Waals surface area (Å²) in [5.74, 6) is 0.211. The summed E-state index contributed by atoms with van der Waals surface area (Å²) < 4.78 is 1.73. The Hall–Kier alpha value is -3.07. The summed E-state index contributed by atoms with van der Waals surface area (Å²) in [6, 6.07) is 13.9. The lowest BCUT2D eigenvalue weighted by atomic mass is 9.72. The Morgan fingerprint density at radius 2 is 1.90 bits per heavy atom. The van der Waals surface area contributed by atoms with Crippen LogP contribution in [0.2, 0.25) is 0 Å². The molecule has 0 bridgehead atoms. The first-order valence-corrected chi connectivity index (χ1v) is 10.2. The fraction of sp³-hybridized carbons (Fsp3) is 0.435. The molecule has 0 radical (unpaired) electrons. The van der Waals surface area contributed by atoms with Crippen molar-refractivity contribution in [1.29, 1.82) is 5.26 Å². The van der Waals surface area contributed by atoms with Gasteiger partial charge in [-0.1, -0.05) is 30.3 Å². The third-order valence-electron chi connectivity index (χ3n) is 6.43. The van der Waals surface area contributed by atoms with Gasteiger partial charge >= 0.3 is 0 Å². The number of benzene rings is 1. The summed E-state index contributed by atoms with van der Waals surface area (Å²) in [7, 11) is 1.80. The van der Waals surface area contributed by atoms with Gasteiger partial charge in [-0.05, 0) is 36.3 Å². The lowest BCUT2D eigenvalue weighted by molar-refractivity contribution is -0.139. The number of carbonyl (C=O) groups excluding carboxylic acids is 2. The molecule has 2 amide bonds. The minimum absolute atomic E-state index is 0.0168. The van der Waals surface area contributed by atoms with Gasteiger partial charge in [-0.25, -0.2) is 0 Å². The first-order chi connectivity index (χ1) is 14.0. The van der Waals surface area contributed by atoms with Crippen molar-refractivity contribution >= 4 is 11.8 Å². The number of aryl methyl sites for hydroxylation is 1. The molecule has 0 N–H and O–H groups in total. The van der Waals surface area contributed by atoms with E-state index in [0.29, 0.717) is 37.3 Å². The number of rotatable bonds is 3. The number of likely N-dealkylation sites (tertiary alicyclic amines) is 2. The van der Waals surface area contributed by atoms with Crippen LogP contribution in [0, 0.1) is 16.7 Å². The second kappa shape index (κ2) is 7.75. The van der Waals surface area contributed by atoms with Gasteiger partial charge in [-0.15, -0.1) is 0 Å². The van der Waals surface area contributed by atoms with Crippen LogP contribution in [-0.4, -0.2) is 45.8 Å². The molecule has 29 heavy (non-hydrogen) atoms. The third-order valence-corrected chi connectivity index (χ3v) is 6.43. The second-order valence-electron chi connectivity index (χ2n) is 8.36. The highest BCUT2D eigenvalue weighted by atomic mass is 16.2. The van der Waals surface area contributed by atoms with Crippen LogP contribution < -0.4 is 0 Å². The van der Waals surface area contributed by atoms with Gasteiger partial charge in [0, 0.05) is 45.8 Å². The number of carbonyl (C=O) groups is 2. The normalized spacial score (nSPS) is 18.7. The lowest BCUT2D eigenvalue weighted by Crippen LogP contribution is -2.52. The third kappa shape index (κ3) is 3.91. The van der Waals surface area contributed by atoms with Crippen LogP contribution in [0.1, 0.15) is 47.3 Å². The van der Waals surface area contributed by atoms with Crippen molar-refractivity contribution < 1.29 is 9.59 Å². The van der Waals surface area contributed by atoms with Gasteiger partial charge in [0.1, 0.15) is 11.8 Å². The monoisotopic (exact) mass is 390 g/mol. The Bertz CT molecular complexity index is 949. The van der Waals surface area contributed by atoms with Crippen LogP contribution >= 0.6 is 0 Å². The highest BCUT2D eigenvalue weighted by Crippen LogP contribution is 2.40. The van der Waals surface area contributed by atoms with Gasteiger partial charge in [0.15, 0.2) is 0 Å². The Morgan fingerprint density at radius 3 is 2.55 bits per heavy atom. The zero-order valence-corrected chi connectivity index (χ0v) is 16.8. The number of hydrogen-bond acceptors (Lipinski definition) is 3. The van der Waals surface area contributed by atoms with Gasteiger partial charge in [0.25, 0.3) is 5.91 Å². The number of amides is 2. The van der Waals surface area contributed by atoms with Gasteiger partial charge < -0.3 is 14.4 Å². The van der Waals surface area contributed by atoms with Gasteiger partial charge in [0.2, 0.25) is 5.91 Å². The molecule has 3 heterocycles. The largest absolute Gasteiger partial charge is 0.345 e. The van der Waals surface area contributed by atoms with Gasteiger partial charge in [-0.2, -0.15) is 5.26 Å². The summed E-state index contributed by atoms with van der Waals surface area (Å²) in [6.45, 7) is 2.81. The minimum Gasteiger partial charge on any atom is -0.345 e. The van der Waals surface area contributed by atoms with Crippen molar-refractivity contribution in [3.05, 3.63) is 59.4 Å². The molecular formula is C23H26N4O2. The van der Waals surface area contributed by atoms with E-state index in [0.717, 1.165) is 31.4 Å². The summed E-state index contributed by atoms with van der Waals surface area (Å²) in [5.41, 5.74) is 2.32. The molecule has 0 aliphatic carbocycles. The average molecular weight is 390 g/mol. The Kier molecular flexibility index (Phi) is 5.14. The minimum atomic E-state index is -0.0168. The Labute approximate surface area is 171 Å². The van der Waals surface area contributed by atoms with E-state index in [4.69, 9.17) is 5.26 Å². The molecule has 150 valence electrons. The maximum atomic E-state index is 12.9. The highest BCUT2D eigenvalue weighted by Gasteiger charge is 2.42. The zero-order chi connectivity index (χ0) is 20.4. The highest BCUT2D eigenvalue weighted by molar-refractivity contribution is 5.93. The van der Waals surface area contributed by atoms with Gasteiger partial charge in [-0.3, -0.25) is 9.59 Å². The van der Waals surface area contributed by atoms with E-state index in [9.17, 15) is 9.59 Å². The van der Waals surface area contributed by atoms with Crippen molar-refractivity contribution in [3.8, 4) is 6.07 Å². The van der Waals surface area contributed by atoms with E-state index in [1.807, 2.05) is 28.0 Å². The molecule has 0 saturated carbocycles. The second-order valence-corrected chi connectivity index (χ2v) is 8.36. The van der Waals surface area contributed by atoms with E-state index in [2.05, 4.69) is 18.2 Å². The molecule has 0 unspecified atom stereocenters. The fourth-order valence-corrected chi connectivity index (χ4v) is 4.64. The maximum absolute atomic E-state index is 12.9. The number of hydrogen-bond donors (Lipinski definition) is 0. The Morgan fingerprint density at radius 1 is 1.17 bits per heavy atom. The summed E-state index contributed by atoms with van der Waals surface area (Å²) in [4.78, 5) is 29.3. The van der Waals surface area contributed by atoms with Crippen LogP contribution in [0.4, 0.5) is 0 Å². The molecule has 2 saturated heterocycles. The summed E-state index contributed by atoms with van der Waals surface area (Å²) in [6.07, 6.45) is 5.00. The van der Waals surface area contributed by atoms with Crippen molar-refractivity contribution in [3.63, 3.8) is 0 Å². The molecule has 1 spiro atoms. The van der Waals surface area contributed by atoms with E-state index >= 15 is 0 Å². The zero-order valence-electron chi connectivity index (χ0n) is 16.8. The van der Waals surface area contributed by atoms with Crippen LogP contribution in [0.3, 0.4) is 0 Å². The fourth-order valence-electron chi connectivity index (χ4n) is 4.64. The standard InChI is InChI=1S/C23H26N4O2/c1-25-15-19(14-24)13-20(25)22(29)26-11-9-23(10-12-26)8-7-21(28)27(17-23)16-18-5-3-2-4-6-18/h2-6,13,15H,7-12,16-17H2,1H3. The quantitative estimate of drug-likeness (QED) is 0.809. The van der Waals surface area contributed by atoms with E-state index in [-0.39, 0.29) is 17.2 Å². The molecular weight excluding hydrogens is 364 g/mol. The average Bonchev–Trinajstić information content (AvgIpc) is 3.12. The number of piperidine rings is 2. The van der Waals surface area contributed by atoms with E-state index in [1.165, 1.54) is 0 Å². The van der Waals surface area contributed by atoms with E-state index in [1.54, 1.807) is 23.9 Å². The van der Waals surface area contributed by atoms with Crippen molar-refractivity contribution in [2.24, 2.45) is 12.5 Å². The molecule has 6 heteroatoms. The van der Waals surface area contributed by atoms with Crippen molar-refractivity contribution in [1.82, 2.24) is 14.4 Å². The van der Waals surface area contributed by atoms with E-state index < -0.39 is 0 Å². The molecule has 2 aliphatic rings. The molecule has 6 nitrogen and oxygen atoms in total. The molecule has 1 aromatic carbocycles. The van der Waals surface area contributed by atoms with Crippen LogP contribution in [0.25, 0.3) is 0 Å². The van der Waals surface area contributed by atoms with Gasteiger partial charge in [0.05, 0.1) is 5.56 Å². The maximum Gasteiger partial charge on any atom is 0.270 e. The van der Waals surface area contributed by atoms with Crippen molar-refractivity contribution in [2.45, 2.75) is 32.2 Å². The number of nitrogens with zero attached hydrogens (tertiary/aromatic N) is 4. The van der Waals surface area contributed by atoms with Crippen LogP contribution in [0.15, 0.2) is 42.6 Å². The first-order valence-electron chi connectivity index (χ1n) is 10.2. The molecule has 2 aromatic rings. The first kappa shape index (κ1) is 19.3. The summed E-state index contributed by atoms with van der Waals surface area (Å²) in [5, 5.41) is 9.07. The van der Waals surface area contributed by atoms with Crippen LogP contribution in [-0.2, 0) is 18.4 Å². The number of aromatic nitrogens is 1. The number of nitriles is 1. The SMILES string of the molecule is Cn1cc(C#N)cc1C(=O)N1CCC2(CCC(=O)N(Cc3ccccc3)C2)CC1. The van der Waals surface area contributed by atoms with Crippen molar-refractivity contribution in [2.75, 3.05) is 19.6 Å². The summed E-state index contributed by atoms with van der Waals surface area (Å²) >= 11 is 0. The van der Waals surface area contributed by atoms with Crippen LogP contribution in [0.5, 0.6) is 0 Å². The smallest absolute Gasteiger partial charge is 0.270 e. The predicted molar refractivity (Wildman–Crippen MR) is 109 cm³/mol. The Balaban J connectivity index is 1.41. The molecule has 2 aliphatic heterocycles. The lowest BCUT2D eigenvalue weighted by Gasteiger charge is -2.47. The predicted octanol–water partition coefficient (Wildman–Crippen LogP) is 2.94. The molecule has 1 aromatic heterocycles. The molecule has 2 fully saturated rings. The topological polar surface area (TPSA) is 69.3 Å². The molecule has 4 rings (SSSR count). The molecule has 0 atom stereocenters.